The summed E-state index contributed by atoms with van der Waals surface area (Å²) in [5.74, 6) is -0.289. The number of hydrogen-bond acceptors (Lipinski definition) is 4. The normalized spacial score (nSPS) is 11.5. The number of carbonyl (C=O) groups excluding carboxylic acids is 3. The maximum Gasteiger partial charge on any atom is 0.251 e. The van der Waals surface area contributed by atoms with E-state index in [2.05, 4.69) is 5.32 Å². The summed E-state index contributed by atoms with van der Waals surface area (Å²) in [7, 11) is 0. The van der Waals surface area contributed by atoms with Crippen LogP contribution in [-0.2, 0) is 4.79 Å². The Balaban J connectivity index is 1.96. The highest BCUT2D eigenvalue weighted by molar-refractivity contribution is 8.14. The molecule has 0 spiro atoms. The molecule has 0 aliphatic carbocycles. The van der Waals surface area contributed by atoms with Crippen molar-refractivity contribution in [2.45, 2.75) is 13.0 Å². The van der Waals surface area contributed by atoms with Gasteiger partial charge in [0.05, 0.1) is 6.04 Å². The van der Waals surface area contributed by atoms with E-state index in [1.807, 2.05) is 12.1 Å². The monoisotopic (exact) mass is 327 g/mol. The minimum Gasteiger partial charge on any atom is -0.341 e. The second kappa shape index (κ2) is 8.29. The van der Waals surface area contributed by atoms with Crippen molar-refractivity contribution >= 4 is 28.6 Å². The molecule has 0 aliphatic rings. The van der Waals surface area contributed by atoms with Crippen LogP contribution < -0.4 is 5.32 Å². The summed E-state index contributed by atoms with van der Waals surface area (Å²) < 4.78 is 0. The molecule has 0 unspecified atom stereocenters. The van der Waals surface area contributed by atoms with Gasteiger partial charge in [0.25, 0.3) is 5.91 Å². The largest absolute Gasteiger partial charge is 0.341 e. The molecule has 2 rings (SSSR count). The lowest BCUT2D eigenvalue weighted by atomic mass is 10.2. The fourth-order valence-electron chi connectivity index (χ4n) is 1.91. The lowest BCUT2D eigenvalue weighted by Gasteiger charge is -2.15. The van der Waals surface area contributed by atoms with Crippen molar-refractivity contribution in [3.05, 3.63) is 71.8 Å². The van der Waals surface area contributed by atoms with Crippen LogP contribution in [0.25, 0.3) is 0 Å². The highest BCUT2D eigenvalue weighted by Gasteiger charge is 2.20. The maximum atomic E-state index is 12.1. The van der Waals surface area contributed by atoms with Crippen molar-refractivity contribution in [1.29, 1.82) is 0 Å². The molecule has 23 heavy (non-hydrogen) atoms. The van der Waals surface area contributed by atoms with Gasteiger partial charge in [-0.15, -0.1) is 0 Å². The number of hydrogen-bond donors (Lipinski definition) is 1. The van der Waals surface area contributed by atoms with Gasteiger partial charge in [-0.2, -0.15) is 0 Å². The van der Waals surface area contributed by atoms with Crippen molar-refractivity contribution in [3.8, 4) is 0 Å². The Labute approximate surface area is 139 Å². The van der Waals surface area contributed by atoms with Crippen LogP contribution in [-0.4, -0.2) is 28.6 Å². The molecule has 2 aromatic carbocycles. The van der Waals surface area contributed by atoms with E-state index in [0.29, 0.717) is 11.1 Å². The highest BCUT2D eigenvalue weighted by Crippen LogP contribution is 2.14. The highest BCUT2D eigenvalue weighted by atomic mass is 32.2. The molecular formula is C18H17NO3S. The van der Waals surface area contributed by atoms with Gasteiger partial charge in [-0.25, -0.2) is 0 Å². The van der Waals surface area contributed by atoms with E-state index < -0.39 is 6.04 Å². The predicted molar refractivity (Wildman–Crippen MR) is 91.6 cm³/mol. The van der Waals surface area contributed by atoms with E-state index in [9.17, 15) is 14.4 Å². The summed E-state index contributed by atoms with van der Waals surface area (Å²) in [6, 6.07) is 16.8. The van der Waals surface area contributed by atoms with Gasteiger partial charge in [0.15, 0.2) is 5.78 Å². The van der Waals surface area contributed by atoms with E-state index in [1.165, 1.54) is 6.92 Å². The number of nitrogens with one attached hydrogen (secondary N) is 1. The third-order valence-electron chi connectivity index (χ3n) is 3.22. The van der Waals surface area contributed by atoms with Gasteiger partial charge in [0.1, 0.15) is 0 Å². The minimum absolute atomic E-state index is 0.120. The SMILES string of the molecule is CC(=O)[C@H](CSC(=O)c1ccccc1)NC(=O)c1ccccc1. The van der Waals surface area contributed by atoms with Crippen LogP contribution in [0.3, 0.4) is 0 Å². The molecule has 0 fully saturated rings. The number of ketones is 1. The molecule has 2 aromatic rings. The Hall–Kier alpha value is -2.40. The molecule has 1 amide bonds. The number of thioether (sulfide) groups is 1. The van der Waals surface area contributed by atoms with Gasteiger partial charge in [-0.05, 0) is 19.1 Å². The second-order valence-corrected chi connectivity index (χ2v) is 5.96. The fraction of sp³-hybridized carbons (Fsp3) is 0.167. The first kappa shape index (κ1) is 17.0. The Kier molecular flexibility index (Phi) is 6.11. The maximum absolute atomic E-state index is 12.1. The molecule has 0 aliphatic heterocycles. The summed E-state index contributed by atoms with van der Waals surface area (Å²) in [5, 5.41) is 2.56. The van der Waals surface area contributed by atoms with Crippen LogP contribution in [0.2, 0.25) is 0 Å². The lowest BCUT2D eigenvalue weighted by Crippen LogP contribution is -2.41. The first-order chi connectivity index (χ1) is 11.1. The van der Waals surface area contributed by atoms with Gasteiger partial charge in [-0.1, -0.05) is 60.3 Å². The van der Waals surface area contributed by atoms with Crippen LogP contribution in [0.15, 0.2) is 60.7 Å². The molecule has 0 saturated heterocycles. The third kappa shape index (κ3) is 5.07. The smallest absolute Gasteiger partial charge is 0.251 e. The predicted octanol–water partition coefficient (Wildman–Crippen LogP) is 2.95. The van der Waals surface area contributed by atoms with Crippen LogP contribution in [0.1, 0.15) is 27.6 Å². The molecule has 5 heteroatoms. The number of Topliss-reactive ketones (excluding diaryl/α,β-unsaturated/α-hetero) is 1. The fourth-order valence-corrected chi connectivity index (χ4v) is 2.85. The molecular weight excluding hydrogens is 310 g/mol. The van der Waals surface area contributed by atoms with E-state index in [1.54, 1.807) is 48.5 Å². The van der Waals surface area contributed by atoms with Crippen molar-refractivity contribution in [1.82, 2.24) is 5.32 Å². The first-order valence-corrected chi connectivity index (χ1v) is 8.15. The summed E-state index contributed by atoms with van der Waals surface area (Å²) in [6.45, 7) is 1.41. The molecule has 0 aromatic heterocycles. The topological polar surface area (TPSA) is 63.2 Å². The zero-order valence-corrected chi connectivity index (χ0v) is 13.5. The van der Waals surface area contributed by atoms with E-state index in [0.717, 1.165) is 11.8 Å². The lowest BCUT2D eigenvalue weighted by molar-refractivity contribution is -0.118. The van der Waals surface area contributed by atoms with Crippen molar-refractivity contribution in [2.75, 3.05) is 5.75 Å². The first-order valence-electron chi connectivity index (χ1n) is 7.16. The van der Waals surface area contributed by atoms with Crippen molar-refractivity contribution < 1.29 is 14.4 Å². The van der Waals surface area contributed by atoms with E-state index in [4.69, 9.17) is 0 Å². The molecule has 118 valence electrons. The van der Waals surface area contributed by atoms with E-state index in [-0.39, 0.29) is 22.6 Å². The number of carbonyl (C=O) groups is 3. The minimum atomic E-state index is -0.694. The zero-order valence-electron chi connectivity index (χ0n) is 12.7. The molecule has 1 atom stereocenters. The Morgan fingerprint density at radius 2 is 1.43 bits per heavy atom. The second-order valence-electron chi connectivity index (χ2n) is 4.97. The van der Waals surface area contributed by atoms with Crippen LogP contribution in [0, 0.1) is 0 Å². The van der Waals surface area contributed by atoms with Crippen LogP contribution in [0.5, 0.6) is 0 Å². The van der Waals surface area contributed by atoms with Crippen LogP contribution >= 0.6 is 11.8 Å². The molecule has 0 radical (unpaired) electrons. The Morgan fingerprint density at radius 1 is 0.913 bits per heavy atom. The van der Waals surface area contributed by atoms with Crippen molar-refractivity contribution in [3.63, 3.8) is 0 Å². The van der Waals surface area contributed by atoms with Gasteiger partial charge < -0.3 is 5.32 Å². The van der Waals surface area contributed by atoms with Crippen molar-refractivity contribution in [2.24, 2.45) is 0 Å². The molecule has 4 nitrogen and oxygen atoms in total. The zero-order chi connectivity index (χ0) is 16.7. The Morgan fingerprint density at radius 3 is 1.96 bits per heavy atom. The molecule has 0 heterocycles. The summed E-state index contributed by atoms with van der Waals surface area (Å²) in [4.78, 5) is 35.9. The number of benzene rings is 2. The summed E-state index contributed by atoms with van der Waals surface area (Å²) in [6.07, 6.45) is 0. The third-order valence-corrected chi connectivity index (χ3v) is 4.22. The molecule has 0 bridgehead atoms. The average Bonchev–Trinajstić information content (AvgIpc) is 2.59. The number of amides is 1. The van der Waals surface area contributed by atoms with Gasteiger partial charge in [0.2, 0.25) is 5.12 Å². The number of rotatable bonds is 6. The van der Waals surface area contributed by atoms with Gasteiger partial charge in [-0.3, -0.25) is 14.4 Å². The quantitative estimate of drug-likeness (QED) is 0.886. The van der Waals surface area contributed by atoms with Gasteiger partial charge >= 0.3 is 0 Å². The molecule has 0 saturated carbocycles. The van der Waals surface area contributed by atoms with Crippen LogP contribution in [0.4, 0.5) is 0 Å². The van der Waals surface area contributed by atoms with Gasteiger partial charge in [0, 0.05) is 16.9 Å². The standard InChI is InChI=1S/C18H17NO3S/c1-13(20)16(19-17(21)14-8-4-2-5-9-14)12-23-18(22)15-10-6-3-7-11-15/h2-11,16H,12H2,1H3,(H,19,21)/t16-/m0/s1. The summed E-state index contributed by atoms with van der Waals surface area (Å²) >= 11 is 1.03. The average molecular weight is 327 g/mol. The molecule has 1 N–H and O–H groups in total. The van der Waals surface area contributed by atoms with E-state index >= 15 is 0 Å². The summed E-state index contributed by atoms with van der Waals surface area (Å²) in [5.41, 5.74) is 1.06. The Bertz CT molecular complexity index is 686.